The van der Waals surface area contributed by atoms with Gasteiger partial charge in [-0.3, -0.25) is 9.69 Å². The van der Waals surface area contributed by atoms with Crippen molar-refractivity contribution in [2.24, 2.45) is 0 Å². The summed E-state index contributed by atoms with van der Waals surface area (Å²) >= 11 is 0. The molecule has 3 aromatic rings. The Morgan fingerprint density at radius 1 is 1.08 bits per heavy atom. The van der Waals surface area contributed by atoms with Gasteiger partial charge in [0, 0.05) is 12.1 Å². The van der Waals surface area contributed by atoms with Gasteiger partial charge in [-0.05, 0) is 19.0 Å². The third-order valence-corrected chi connectivity index (χ3v) is 4.92. The Morgan fingerprint density at radius 3 is 2.50 bits per heavy atom. The molecule has 1 amide bonds. The van der Waals surface area contributed by atoms with Crippen molar-refractivity contribution in [2.45, 2.75) is 18.5 Å². The summed E-state index contributed by atoms with van der Waals surface area (Å²) in [6, 6.07) is 20.1. The van der Waals surface area contributed by atoms with E-state index in [2.05, 4.69) is 44.8 Å². The SMILES string of the molecule is CN1CC[C@@H](NC(=O)c2n[nH]nc2-c2ccccc2)[C@@H]1c1ccccc1. The van der Waals surface area contributed by atoms with Crippen LogP contribution >= 0.6 is 0 Å². The molecule has 132 valence electrons. The van der Waals surface area contributed by atoms with E-state index in [4.69, 9.17) is 0 Å². The quantitative estimate of drug-likeness (QED) is 0.761. The van der Waals surface area contributed by atoms with E-state index in [0.29, 0.717) is 11.4 Å². The van der Waals surface area contributed by atoms with Crippen molar-refractivity contribution < 1.29 is 4.79 Å². The van der Waals surface area contributed by atoms with Gasteiger partial charge in [0.2, 0.25) is 0 Å². The average Bonchev–Trinajstić information content (AvgIpc) is 3.30. The lowest BCUT2D eigenvalue weighted by molar-refractivity contribution is 0.0923. The van der Waals surface area contributed by atoms with Crippen LogP contribution in [0, 0.1) is 0 Å². The van der Waals surface area contributed by atoms with Crippen molar-refractivity contribution in [3.63, 3.8) is 0 Å². The first kappa shape index (κ1) is 16.5. The second-order valence-electron chi connectivity index (χ2n) is 6.59. The highest BCUT2D eigenvalue weighted by molar-refractivity contribution is 5.98. The zero-order valence-electron chi connectivity index (χ0n) is 14.6. The number of likely N-dealkylation sites (tertiary alicyclic amines) is 1. The highest BCUT2D eigenvalue weighted by Gasteiger charge is 2.34. The number of amides is 1. The molecule has 6 heteroatoms. The number of carbonyl (C=O) groups is 1. The lowest BCUT2D eigenvalue weighted by Gasteiger charge is -2.26. The van der Waals surface area contributed by atoms with Gasteiger partial charge in [-0.15, -0.1) is 0 Å². The van der Waals surface area contributed by atoms with Crippen LogP contribution in [-0.2, 0) is 0 Å². The maximum atomic E-state index is 12.9. The second-order valence-corrected chi connectivity index (χ2v) is 6.59. The van der Waals surface area contributed by atoms with Crippen LogP contribution in [0.15, 0.2) is 60.7 Å². The molecule has 1 aliphatic rings. The molecule has 0 saturated carbocycles. The van der Waals surface area contributed by atoms with E-state index >= 15 is 0 Å². The van der Waals surface area contributed by atoms with Crippen LogP contribution in [0.5, 0.6) is 0 Å². The number of rotatable bonds is 4. The van der Waals surface area contributed by atoms with E-state index in [1.54, 1.807) is 0 Å². The maximum absolute atomic E-state index is 12.9. The van der Waals surface area contributed by atoms with Crippen LogP contribution < -0.4 is 5.32 Å². The predicted molar refractivity (Wildman–Crippen MR) is 99.5 cm³/mol. The van der Waals surface area contributed by atoms with Gasteiger partial charge in [0.15, 0.2) is 5.69 Å². The molecule has 2 atom stereocenters. The summed E-state index contributed by atoms with van der Waals surface area (Å²) in [4.78, 5) is 15.2. The summed E-state index contributed by atoms with van der Waals surface area (Å²) in [7, 11) is 2.09. The second kappa shape index (κ2) is 7.09. The van der Waals surface area contributed by atoms with E-state index in [9.17, 15) is 4.79 Å². The van der Waals surface area contributed by atoms with Crippen LogP contribution in [0.4, 0.5) is 0 Å². The molecule has 0 spiro atoms. The van der Waals surface area contributed by atoms with Crippen LogP contribution in [0.3, 0.4) is 0 Å². The molecular weight excluding hydrogens is 326 g/mol. The largest absolute Gasteiger partial charge is 0.346 e. The van der Waals surface area contributed by atoms with Gasteiger partial charge in [-0.2, -0.15) is 15.4 Å². The fourth-order valence-corrected chi connectivity index (χ4v) is 3.66. The fourth-order valence-electron chi connectivity index (χ4n) is 3.66. The third kappa shape index (κ3) is 3.11. The molecule has 2 heterocycles. The molecule has 2 N–H and O–H groups in total. The molecule has 0 bridgehead atoms. The molecule has 26 heavy (non-hydrogen) atoms. The Balaban J connectivity index is 1.56. The Labute approximate surface area is 152 Å². The molecule has 1 saturated heterocycles. The van der Waals surface area contributed by atoms with Crippen molar-refractivity contribution in [3.8, 4) is 11.3 Å². The summed E-state index contributed by atoms with van der Waals surface area (Å²) < 4.78 is 0. The van der Waals surface area contributed by atoms with Crippen molar-refractivity contribution in [3.05, 3.63) is 71.9 Å². The van der Waals surface area contributed by atoms with E-state index < -0.39 is 0 Å². The van der Waals surface area contributed by atoms with Gasteiger partial charge in [0.05, 0.1) is 12.1 Å². The van der Waals surface area contributed by atoms with E-state index in [0.717, 1.165) is 18.5 Å². The first-order valence-electron chi connectivity index (χ1n) is 8.76. The normalized spacial score (nSPS) is 20.2. The number of hydrogen-bond acceptors (Lipinski definition) is 4. The van der Waals surface area contributed by atoms with Crippen molar-refractivity contribution in [2.75, 3.05) is 13.6 Å². The Kier molecular flexibility index (Phi) is 4.50. The van der Waals surface area contributed by atoms with Crippen molar-refractivity contribution in [1.29, 1.82) is 0 Å². The van der Waals surface area contributed by atoms with Gasteiger partial charge in [-0.1, -0.05) is 60.7 Å². The minimum Gasteiger partial charge on any atom is -0.346 e. The Hall–Kier alpha value is -2.99. The summed E-state index contributed by atoms with van der Waals surface area (Å²) in [5, 5.41) is 14.0. The highest BCUT2D eigenvalue weighted by Crippen LogP contribution is 2.31. The van der Waals surface area contributed by atoms with Crippen LogP contribution in [0.2, 0.25) is 0 Å². The standard InChI is InChI=1S/C20H21N5O/c1-25-13-12-16(19(25)15-10-6-3-7-11-15)21-20(26)18-17(22-24-23-18)14-8-4-2-5-9-14/h2-11,16,19H,12-13H2,1H3,(H,21,26)(H,22,23,24)/t16-,19+/m1/s1. The molecule has 1 fully saturated rings. The summed E-state index contributed by atoms with van der Waals surface area (Å²) in [6.45, 7) is 0.939. The molecule has 0 aliphatic carbocycles. The number of H-pyrrole nitrogens is 1. The topological polar surface area (TPSA) is 73.9 Å². The molecule has 4 rings (SSSR count). The van der Waals surface area contributed by atoms with E-state index in [-0.39, 0.29) is 18.0 Å². The van der Waals surface area contributed by atoms with Gasteiger partial charge < -0.3 is 5.32 Å². The number of likely N-dealkylation sites (N-methyl/N-ethyl adjacent to an activating group) is 1. The number of aromatic nitrogens is 3. The highest BCUT2D eigenvalue weighted by atomic mass is 16.2. The summed E-state index contributed by atoms with van der Waals surface area (Å²) in [5.74, 6) is -0.196. The summed E-state index contributed by atoms with van der Waals surface area (Å²) in [6.07, 6.45) is 0.903. The average molecular weight is 347 g/mol. The Morgan fingerprint density at radius 2 is 1.77 bits per heavy atom. The van der Waals surface area contributed by atoms with Crippen molar-refractivity contribution in [1.82, 2.24) is 25.6 Å². The first-order chi connectivity index (χ1) is 12.7. The van der Waals surface area contributed by atoms with Gasteiger partial charge in [-0.25, -0.2) is 0 Å². The predicted octanol–water partition coefficient (Wildman–Crippen LogP) is 2.65. The molecule has 2 aromatic carbocycles. The van der Waals surface area contributed by atoms with Gasteiger partial charge in [0.1, 0.15) is 5.69 Å². The number of hydrogen-bond donors (Lipinski definition) is 2. The minimum absolute atomic E-state index is 0.0372. The van der Waals surface area contributed by atoms with Crippen LogP contribution in [0.25, 0.3) is 11.3 Å². The van der Waals surface area contributed by atoms with Crippen molar-refractivity contribution >= 4 is 5.91 Å². The molecule has 0 radical (unpaired) electrons. The number of nitrogens with one attached hydrogen (secondary N) is 2. The lowest BCUT2D eigenvalue weighted by atomic mass is 10.00. The minimum atomic E-state index is -0.196. The van der Waals surface area contributed by atoms with Gasteiger partial charge in [0.25, 0.3) is 5.91 Å². The molecular formula is C20H21N5O. The Bertz CT molecular complexity index is 877. The number of aromatic amines is 1. The maximum Gasteiger partial charge on any atom is 0.274 e. The number of nitrogens with zero attached hydrogens (tertiary/aromatic N) is 3. The van der Waals surface area contributed by atoms with Gasteiger partial charge >= 0.3 is 0 Å². The lowest BCUT2D eigenvalue weighted by Crippen LogP contribution is -2.39. The van der Waals surface area contributed by atoms with E-state index in [1.807, 2.05) is 48.5 Å². The molecule has 1 aromatic heterocycles. The molecule has 0 unspecified atom stereocenters. The molecule has 6 nitrogen and oxygen atoms in total. The summed E-state index contributed by atoms with van der Waals surface area (Å²) in [5.41, 5.74) is 2.99. The molecule has 1 aliphatic heterocycles. The zero-order chi connectivity index (χ0) is 17.9. The van der Waals surface area contributed by atoms with Crippen LogP contribution in [0.1, 0.15) is 28.5 Å². The first-order valence-corrected chi connectivity index (χ1v) is 8.76. The van der Waals surface area contributed by atoms with E-state index in [1.165, 1.54) is 5.56 Å². The smallest absolute Gasteiger partial charge is 0.274 e. The fraction of sp³-hybridized carbons (Fsp3) is 0.250. The number of benzene rings is 2. The zero-order valence-corrected chi connectivity index (χ0v) is 14.6. The van der Waals surface area contributed by atoms with Crippen LogP contribution in [-0.4, -0.2) is 45.9 Å². The monoisotopic (exact) mass is 347 g/mol. The number of carbonyl (C=O) groups excluding carboxylic acids is 1. The third-order valence-electron chi connectivity index (χ3n) is 4.92.